The van der Waals surface area contributed by atoms with Gasteiger partial charge in [-0.1, -0.05) is 30.3 Å². The first kappa shape index (κ1) is 19.7. The Bertz CT molecular complexity index is 787. The lowest BCUT2D eigenvalue weighted by Crippen LogP contribution is -2.41. The highest BCUT2D eigenvalue weighted by molar-refractivity contribution is 5.96. The van der Waals surface area contributed by atoms with E-state index in [-0.39, 0.29) is 11.9 Å². The molecule has 2 aromatic carbocycles. The summed E-state index contributed by atoms with van der Waals surface area (Å²) in [4.78, 5) is 26.5. The molecule has 0 spiro atoms. The van der Waals surface area contributed by atoms with E-state index in [1.807, 2.05) is 47.4 Å². The van der Waals surface area contributed by atoms with Gasteiger partial charge < -0.3 is 20.3 Å². The number of amides is 3. The van der Waals surface area contributed by atoms with Crippen LogP contribution >= 0.6 is 0 Å². The van der Waals surface area contributed by atoms with Gasteiger partial charge in [0.15, 0.2) is 0 Å². The molecule has 0 atom stereocenters. The topological polar surface area (TPSA) is 70.7 Å². The van der Waals surface area contributed by atoms with Gasteiger partial charge in [-0.25, -0.2) is 4.79 Å². The van der Waals surface area contributed by atoms with Crippen LogP contribution in [0.25, 0.3) is 0 Å². The Morgan fingerprint density at radius 2 is 1.71 bits per heavy atom. The molecule has 6 nitrogen and oxygen atoms in total. The van der Waals surface area contributed by atoms with Crippen LogP contribution in [0.4, 0.5) is 10.5 Å². The van der Waals surface area contributed by atoms with Crippen LogP contribution in [0, 0.1) is 5.92 Å². The molecule has 0 aromatic heterocycles. The normalized spacial score (nSPS) is 14.4. The number of urea groups is 1. The van der Waals surface area contributed by atoms with Gasteiger partial charge in [-0.15, -0.1) is 0 Å². The third-order valence-corrected chi connectivity index (χ3v) is 5.12. The molecule has 1 aliphatic rings. The number of piperidine rings is 1. The molecule has 2 aromatic rings. The second-order valence-electron chi connectivity index (χ2n) is 6.97. The maximum Gasteiger partial charge on any atom is 0.321 e. The summed E-state index contributed by atoms with van der Waals surface area (Å²) < 4.78 is 5.24. The number of anilines is 1. The van der Waals surface area contributed by atoms with E-state index >= 15 is 0 Å². The maximum atomic E-state index is 12.3. The van der Waals surface area contributed by atoms with Crippen molar-refractivity contribution in [3.63, 3.8) is 0 Å². The van der Waals surface area contributed by atoms with Crippen LogP contribution in [0.5, 0.6) is 5.75 Å². The first-order chi connectivity index (χ1) is 13.7. The molecule has 28 heavy (non-hydrogen) atoms. The van der Waals surface area contributed by atoms with Gasteiger partial charge in [0.1, 0.15) is 5.75 Å². The van der Waals surface area contributed by atoms with E-state index in [0.29, 0.717) is 23.8 Å². The zero-order chi connectivity index (χ0) is 19.8. The second-order valence-corrected chi connectivity index (χ2v) is 6.97. The highest BCUT2D eigenvalue weighted by Gasteiger charge is 2.23. The van der Waals surface area contributed by atoms with Crippen molar-refractivity contribution in [3.05, 3.63) is 60.2 Å². The Balaban J connectivity index is 1.39. The molecule has 3 amide bonds. The molecule has 0 bridgehead atoms. The van der Waals surface area contributed by atoms with Crippen LogP contribution in [0.3, 0.4) is 0 Å². The lowest BCUT2D eigenvalue weighted by atomic mass is 9.93. The van der Waals surface area contributed by atoms with Crippen LogP contribution < -0.4 is 15.4 Å². The number of hydrogen-bond donors (Lipinski definition) is 2. The summed E-state index contributed by atoms with van der Waals surface area (Å²) >= 11 is 0. The van der Waals surface area contributed by atoms with E-state index in [2.05, 4.69) is 10.6 Å². The highest BCUT2D eigenvalue weighted by Crippen LogP contribution is 2.21. The number of rotatable bonds is 6. The SMILES string of the molecule is COc1ccccc1C(=O)NCCC1CCN(C(=O)Nc2ccccc2)CC1. The lowest BCUT2D eigenvalue weighted by molar-refractivity contribution is 0.0946. The van der Waals surface area contributed by atoms with E-state index in [4.69, 9.17) is 4.74 Å². The number of hydrogen-bond acceptors (Lipinski definition) is 3. The number of nitrogens with zero attached hydrogens (tertiary/aromatic N) is 1. The number of methoxy groups -OCH3 is 1. The third kappa shape index (κ3) is 5.25. The molecule has 6 heteroatoms. The summed E-state index contributed by atoms with van der Waals surface area (Å²) in [5.41, 5.74) is 1.37. The van der Waals surface area contributed by atoms with E-state index in [1.54, 1.807) is 19.2 Å². The predicted molar refractivity (Wildman–Crippen MR) is 110 cm³/mol. The Labute approximate surface area is 165 Å². The average Bonchev–Trinajstić information content (AvgIpc) is 2.74. The Kier molecular flexibility index (Phi) is 6.89. The van der Waals surface area contributed by atoms with Crippen molar-refractivity contribution in [1.29, 1.82) is 0 Å². The Hall–Kier alpha value is -3.02. The number of benzene rings is 2. The van der Waals surface area contributed by atoms with Crippen molar-refractivity contribution in [2.75, 3.05) is 32.1 Å². The number of para-hydroxylation sites is 2. The van der Waals surface area contributed by atoms with Crippen molar-refractivity contribution in [1.82, 2.24) is 10.2 Å². The van der Waals surface area contributed by atoms with E-state index in [1.165, 1.54) is 0 Å². The number of ether oxygens (including phenoxy) is 1. The molecule has 1 saturated heterocycles. The largest absolute Gasteiger partial charge is 0.496 e. The van der Waals surface area contributed by atoms with Crippen LogP contribution in [0.2, 0.25) is 0 Å². The minimum atomic E-state index is -0.114. The molecule has 1 fully saturated rings. The van der Waals surface area contributed by atoms with Crippen molar-refractivity contribution in [3.8, 4) is 5.75 Å². The van der Waals surface area contributed by atoms with Gasteiger partial charge in [0.25, 0.3) is 5.91 Å². The van der Waals surface area contributed by atoms with Crippen molar-refractivity contribution >= 4 is 17.6 Å². The minimum Gasteiger partial charge on any atom is -0.496 e. The van der Waals surface area contributed by atoms with Gasteiger partial charge in [0.05, 0.1) is 12.7 Å². The van der Waals surface area contributed by atoms with Gasteiger partial charge in [-0.2, -0.15) is 0 Å². The standard InChI is InChI=1S/C22H27N3O3/c1-28-20-10-6-5-9-19(20)21(26)23-14-11-17-12-15-25(16-13-17)22(27)24-18-7-3-2-4-8-18/h2-10,17H,11-16H2,1H3,(H,23,26)(H,24,27). The monoisotopic (exact) mass is 381 g/mol. The molecule has 0 radical (unpaired) electrons. The van der Waals surface area contributed by atoms with Gasteiger partial charge >= 0.3 is 6.03 Å². The first-order valence-electron chi connectivity index (χ1n) is 9.69. The summed E-state index contributed by atoms with van der Waals surface area (Å²) in [6.07, 6.45) is 2.81. The first-order valence-corrected chi connectivity index (χ1v) is 9.69. The minimum absolute atomic E-state index is 0.0471. The summed E-state index contributed by atoms with van der Waals surface area (Å²) in [7, 11) is 1.56. The summed E-state index contributed by atoms with van der Waals surface area (Å²) in [5, 5.41) is 5.91. The fourth-order valence-electron chi connectivity index (χ4n) is 3.47. The number of nitrogens with one attached hydrogen (secondary N) is 2. The zero-order valence-corrected chi connectivity index (χ0v) is 16.2. The van der Waals surface area contributed by atoms with Crippen LogP contribution in [0.15, 0.2) is 54.6 Å². The van der Waals surface area contributed by atoms with Crippen LogP contribution in [-0.2, 0) is 0 Å². The summed E-state index contributed by atoms with van der Waals surface area (Å²) in [6, 6.07) is 16.7. The van der Waals surface area contributed by atoms with Gasteiger partial charge in [0.2, 0.25) is 0 Å². The fourth-order valence-corrected chi connectivity index (χ4v) is 3.47. The quantitative estimate of drug-likeness (QED) is 0.800. The smallest absolute Gasteiger partial charge is 0.321 e. The molecule has 148 valence electrons. The average molecular weight is 381 g/mol. The van der Waals surface area contributed by atoms with Crippen molar-refractivity contribution in [2.24, 2.45) is 5.92 Å². The zero-order valence-electron chi connectivity index (χ0n) is 16.2. The van der Waals surface area contributed by atoms with Gasteiger partial charge in [-0.05, 0) is 49.4 Å². The highest BCUT2D eigenvalue weighted by atomic mass is 16.5. The van der Waals surface area contributed by atoms with Crippen LogP contribution in [-0.4, -0.2) is 43.6 Å². The van der Waals surface area contributed by atoms with Gasteiger partial charge in [-0.3, -0.25) is 4.79 Å². The second kappa shape index (κ2) is 9.78. The molecule has 0 unspecified atom stereocenters. The van der Waals surface area contributed by atoms with Crippen molar-refractivity contribution in [2.45, 2.75) is 19.3 Å². The molecule has 2 N–H and O–H groups in total. The number of likely N-dealkylation sites (tertiary alicyclic amines) is 1. The van der Waals surface area contributed by atoms with Gasteiger partial charge in [0, 0.05) is 25.3 Å². The summed E-state index contributed by atoms with van der Waals surface area (Å²) in [6.45, 7) is 2.10. The summed E-state index contributed by atoms with van der Waals surface area (Å²) in [5.74, 6) is 0.980. The Morgan fingerprint density at radius 1 is 1.04 bits per heavy atom. The van der Waals surface area contributed by atoms with E-state index in [0.717, 1.165) is 38.0 Å². The molecule has 0 saturated carbocycles. The van der Waals surface area contributed by atoms with E-state index in [9.17, 15) is 9.59 Å². The third-order valence-electron chi connectivity index (χ3n) is 5.12. The number of carbonyl (C=O) groups excluding carboxylic acids is 2. The molecular formula is C22H27N3O3. The maximum absolute atomic E-state index is 12.3. The fraction of sp³-hybridized carbons (Fsp3) is 0.364. The molecule has 1 heterocycles. The molecule has 1 aliphatic heterocycles. The van der Waals surface area contributed by atoms with Crippen molar-refractivity contribution < 1.29 is 14.3 Å². The number of carbonyl (C=O) groups is 2. The molecular weight excluding hydrogens is 354 g/mol. The molecule has 0 aliphatic carbocycles. The predicted octanol–water partition coefficient (Wildman–Crippen LogP) is 3.76. The molecule has 3 rings (SSSR count). The lowest BCUT2D eigenvalue weighted by Gasteiger charge is -2.32. The van der Waals surface area contributed by atoms with Crippen LogP contribution in [0.1, 0.15) is 29.6 Å². The Morgan fingerprint density at radius 3 is 2.43 bits per heavy atom. The van der Waals surface area contributed by atoms with E-state index < -0.39 is 0 Å².